The lowest BCUT2D eigenvalue weighted by Crippen LogP contribution is -2.46. The van der Waals surface area contributed by atoms with E-state index in [1.165, 1.54) is 42.0 Å². The molecule has 296 valence electrons. The second-order valence-corrected chi connectivity index (χ2v) is 17.6. The third-order valence-corrected chi connectivity index (χ3v) is 14.0. The highest BCUT2D eigenvalue weighted by Gasteiger charge is 2.38. The van der Waals surface area contributed by atoms with Crippen LogP contribution in [0.3, 0.4) is 0 Å². The molecule has 2 aliphatic rings. The average Bonchev–Trinajstić information content (AvgIpc) is 3.58. The molecule has 2 N–H and O–H groups in total. The number of hydrogen-bond donors (Lipinski definition) is 2. The number of carbonyl (C=O) groups excluding carboxylic acids is 4. The maximum Gasteiger partial charge on any atom is 0.337 e. The molecule has 11 nitrogen and oxygen atoms in total. The van der Waals surface area contributed by atoms with Crippen molar-refractivity contribution in [1.82, 2.24) is 4.31 Å². The Balaban J connectivity index is 1.15. The van der Waals surface area contributed by atoms with Gasteiger partial charge in [-0.05, 0) is 137 Å². The highest BCUT2D eigenvalue weighted by atomic mass is 32.2. The van der Waals surface area contributed by atoms with Crippen LogP contribution < -0.4 is 10.6 Å². The van der Waals surface area contributed by atoms with E-state index in [0.29, 0.717) is 47.5 Å². The van der Waals surface area contributed by atoms with Gasteiger partial charge in [0.1, 0.15) is 5.00 Å². The summed E-state index contributed by atoms with van der Waals surface area (Å²) in [6.45, 7) is 3.66. The van der Waals surface area contributed by atoms with E-state index < -0.39 is 15.9 Å². The highest BCUT2D eigenvalue weighted by Crippen LogP contribution is 2.39. The molecule has 3 aromatic carbocycles. The SMILES string of the molecule is COC(=O)c1ccc(CCc2ccc(NC(=O)c3c(NC(=O)c4cccc(S(=O)(=O)N(C(C)C)[C@H]5CC[C@H](C(=O)OC)CC5)c4)sc4c3CCCC4)cc2)cc1. The summed E-state index contributed by atoms with van der Waals surface area (Å²) in [6, 6.07) is 20.4. The molecule has 0 atom stereocenters. The second kappa shape index (κ2) is 18.0. The number of anilines is 2. The number of thiophene rings is 1. The van der Waals surface area contributed by atoms with Crippen LogP contribution in [0.15, 0.2) is 77.7 Å². The molecule has 1 saturated carbocycles. The molecular weight excluding hydrogens is 751 g/mol. The van der Waals surface area contributed by atoms with Crippen LogP contribution in [0.4, 0.5) is 10.7 Å². The third-order valence-electron chi connectivity index (χ3n) is 10.7. The molecule has 13 heteroatoms. The Morgan fingerprint density at radius 3 is 2.05 bits per heavy atom. The number of hydrogen-bond acceptors (Lipinski definition) is 9. The zero-order valence-electron chi connectivity index (χ0n) is 32.3. The Morgan fingerprint density at radius 2 is 1.43 bits per heavy atom. The van der Waals surface area contributed by atoms with Crippen molar-refractivity contribution in [2.75, 3.05) is 24.9 Å². The van der Waals surface area contributed by atoms with Crippen molar-refractivity contribution >= 4 is 55.8 Å². The first-order chi connectivity index (χ1) is 26.9. The van der Waals surface area contributed by atoms with Crippen molar-refractivity contribution < 1.29 is 37.1 Å². The Morgan fingerprint density at radius 1 is 0.786 bits per heavy atom. The standard InChI is InChI=1S/C43H49N3O8S2/c1-27(2)46(34-24-20-31(21-25-34)43(50)54-4)56(51,52)35-9-7-8-32(26-35)39(47)45-41-38(36-10-5-6-11-37(36)55-41)40(48)44-33-22-16-29(17-23-33)13-12-28-14-18-30(19-15-28)42(49)53-3/h7-9,14-19,22-23,26-27,31,34H,5-6,10-13,20-21,24-25H2,1-4H3,(H,44,48)(H,45,47)/t31-,34-. The Kier molecular flexibility index (Phi) is 13.1. The summed E-state index contributed by atoms with van der Waals surface area (Å²) in [6.07, 6.45) is 7.18. The van der Waals surface area contributed by atoms with Crippen LogP contribution >= 0.6 is 11.3 Å². The smallest absolute Gasteiger partial charge is 0.337 e. The van der Waals surface area contributed by atoms with E-state index >= 15 is 0 Å². The summed E-state index contributed by atoms with van der Waals surface area (Å²) in [4.78, 5) is 52.7. The number of carbonyl (C=O) groups is 4. The molecule has 2 amide bonds. The molecule has 0 bridgehead atoms. The first-order valence-corrected chi connectivity index (χ1v) is 21.4. The number of amides is 2. The van der Waals surface area contributed by atoms with Gasteiger partial charge >= 0.3 is 11.9 Å². The van der Waals surface area contributed by atoms with Crippen LogP contribution in [0, 0.1) is 5.92 Å². The van der Waals surface area contributed by atoms with Gasteiger partial charge < -0.3 is 20.1 Å². The van der Waals surface area contributed by atoms with Gasteiger partial charge in [0.05, 0.1) is 36.2 Å². The van der Waals surface area contributed by atoms with Crippen molar-refractivity contribution in [2.24, 2.45) is 5.92 Å². The number of fused-ring (bicyclic) bond motifs is 1. The number of sulfonamides is 1. The topological polar surface area (TPSA) is 148 Å². The first kappa shape index (κ1) is 40.8. The van der Waals surface area contributed by atoms with Crippen molar-refractivity contribution in [3.8, 4) is 0 Å². The highest BCUT2D eigenvalue weighted by molar-refractivity contribution is 7.89. The van der Waals surface area contributed by atoms with Crippen LogP contribution in [-0.4, -0.2) is 62.8 Å². The molecule has 56 heavy (non-hydrogen) atoms. The summed E-state index contributed by atoms with van der Waals surface area (Å²) < 4.78 is 39.4. The largest absolute Gasteiger partial charge is 0.469 e. The average molecular weight is 800 g/mol. The summed E-state index contributed by atoms with van der Waals surface area (Å²) in [7, 11) is -1.27. The fourth-order valence-corrected chi connectivity index (χ4v) is 11.0. The number of methoxy groups -OCH3 is 2. The molecule has 2 aliphatic carbocycles. The van der Waals surface area contributed by atoms with Gasteiger partial charge in [-0.3, -0.25) is 14.4 Å². The molecular formula is C43H49N3O8S2. The van der Waals surface area contributed by atoms with Gasteiger partial charge in [0.25, 0.3) is 11.8 Å². The summed E-state index contributed by atoms with van der Waals surface area (Å²) >= 11 is 1.40. The number of nitrogens with one attached hydrogen (secondary N) is 2. The van der Waals surface area contributed by atoms with Crippen molar-refractivity contribution in [1.29, 1.82) is 0 Å². The van der Waals surface area contributed by atoms with E-state index in [2.05, 4.69) is 10.6 Å². The maximum atomic E-state index is 14.1. The number of nitrogens with zero attached hydrogens (tertiary/aromatic N) is 1. The van der Waals surface area contributed by atoms with Crippen LogP contribution in [0.2, 0.25) is 0 Å². The molecule has 0 unspecified atom stereocenters. The zero-order valence-corrected chi connectivity index (χ0v) is 33.9. The second-order valence-electron chi connectivity index (χ2n) is 14.7. The lowest BCUT2D eigenvalue weighted by atomic mass is 9.86. The van der Waals surface area contributed by atoms with Crippen LogP contribution in [0.1, 0.15) is 105 Å². The molecule has 6 rings (SSSR count). The summed E-state index contributed by atoms with van der Waals surface area (Å²) in [5.41, 5.74) is 4.86. The monoisotopic (exact) mass is 799 g/mol. The Hall–Kier alpha value is -4.85. The van der Waals surface area contributed by atoms with E-state index in [4.69, 9.17) is 9.47 Å². The van der Waals surface area contributed by atoms with E-state index in [-0.39, 0.29) is 46.3 Å². The van der Waals surface area contributed by atoms with E-state index in [0.717, 1.165) is 60.1 Å². The molecule has 1 heterocycles. The number of esters is 2. The summed E-state index contributed by atoms with van der Waals surface area (Å²) in [5.74, 6) is -1.69. The van der Waals surface area contributed by atoms with Crippen molar-refractivity contribution in [2.45, 2.75) is 95.0 Å². The third kappa shape index (κ3) is 9.22. The van der Waals surface area contributed by atoms with Gasteiger partial charge in [-0.15, -0.1) is 11.3 Å². The predicted octanol–water partition coefficient (Wildman–Crippen LogP) is 7.83. The fourth-order valence-electron chi connectivity index (χ4n) is 7.78. The zero-order chi connectivity index (χ0) is 40.0. The minimum Gasteiger partial charge on any atom is -0.469 e. The number of benzene rings is 3. The summed E-state index contributed by atoms with van der Waals surface area (Å²) in [5, 5.41) is 6.43. The van der Waals surface area contributed by atoms with Crippen LogP contribution in [0.25, 0.3) is 0 Å². The Labute approximate surface area is 332 Å². The van der Waals surface area contributed by atoms with Gasteiger partial charge in [-0.2, -0.15) is 4.31 Å². The van der Waals surface area contributed by atoms with Gasteiger partial charge in [0, 0.05) is 28.2 Å². The molecule has 4 aromatic rings. The molecule has 0 radical (unpaired) electrons. The lowest BCUT2D eigenvalue weighted by molar-refractivity contribution is -0.146. The normalized spacial score (nSPS) is 16.9. The number of ether oxygens (including phenoxy) is 2. The van der Waals surface area contributed by atoms with E-state index in [9.17, 15) is 27.6 Å². The number of rotatable bonds is 13. The van der Waals surface area contributed by atoms with Crippen molar-refractivity contribution in [3.05, 3.63) is 111 Å². The first-order valence-electron chi connectivity index (χ1n) is 19.1. The van der Waals surface area contributed by atoms with E-state index in [1.807, 2.05) is 50.2 Å². The molecule has 0 spiro atoms. The molecule has 1 aromatic heterocycles. The minimum atomic E-state index is -4.00. The molecule has 1 fully saturated rings. The predicted molar refractivity (Wildman–Crippen MR) is 217 cm³/mol. The van der Waals surface area contributed by atoms with Crippen molar-refractivity contribution in [3.63, 3.8) is 0 Å². The number of aryl methyl sites for hydroxylation is 3. The van der Waals surface area contributed by atoms with Gasteiger partial charge in [-0.25, -0.2) is 13.2 Å². The van der Waals surface area contributed by atoms with Gasteiger partial charge in [-0.1, -0.05) is 30.3 Å². The van der Waals surface area contributed by atoms with Gasteiger partial charge in [0.15, 0.2) is 0 Å². The lowest BCUT2D eigenvalue weighted by Gasteiger charge is -2.37. The molecule has 0 saturated heterocycles. The van der Waals surface area contributed by atoms with E-state index in [1.54, 1.807) is 24.3 Å². The minimum absolute atomic E-state index is 0.0114. The maximum absolute atomic E-state index is 14.1. The van der Waals surface area contributed by atoms with Gasteiger partial charge in [0.2, 0.25) is 10.0 Å². The Bertz CT molecular complexity index is 2170. The quantitative estimate of drug-likeness (QED) is 0.130. The van der Waals surface area contributed by atoms with Crippen LogP contribution in [-0.2, 0) is 50.0 Å². The molecule has 0 aliphatic heterocycles. The van der Waals surface area contributed by atoms with Crippen LogP contribution in [0.5, 0.6) is 0 Å². The fraction of sp³-hybridized carbons (Fsp3) is 0.395.